The molecule has 5 atom stereocenters. The fraction of sp³-hybridized carbons (Fsp3) is 0.364. The van der Waals surface area contributed by atoms with E-state index in [4.69, 9.17) is 23.7 Å². The number of ether oxygens (including phenoxy) is 5. The zero-order valence-corrected chi connectivity index (χ0v) is 22.6. The molecule has 1 aliphatic heterocycles. The molecule has 2 aliphatic carbocycles. The summed E-state index contributed by atoms with van der Waals surface area (Å²) in [5.41, 5.74) is 1.11. The lowest BCUT2D eigenvalue weighted by Crippen LogP contribution is -2.58. The number of hydrogen-bond donors (Lipinski definition) is 0. The standard InChI is InChI=1S/C33H32O8/c34-30(22-13-5-1-6-14-22)37-25-21-26(38-31(35)23-15-7-2-8-16-23)28-29(41-33(40-28)19-11-4-12-20-33)27(25)39-32(36)24-17-9-3-10-18-24/h1-3,5-10,13-18,25-29H,4,11-12,19-21H2/t25-,26-,27+,28+,29-/m1/s1. The summed E-state index contributed by atoms with van der Waals surface area (Å²) in [7, 11) is 0. The van der Waals surface area contributed by atoms with E-state index in [1.54, 1.807) is 78.9 Å². The Kier molecular flexibility index (Phi) is 7.85. The summed E-state index contributed by atoms with van der Waals surface area (Å²) >= 11 is 0. The first-order chi connectivity index (χ1) is 20.0. The van der Waals surface area contributed by atoms with Gasteiger partial charge >= 0.3 is 17.9 Å². The maximum atomic E-state index is 13.3. The van der Waals surface area contributed by atoms with E-state index < -0.39 is 54.2 Å². The summed E-state index contributed by atoms with van der Waals surface area (Å²) in [5.74, 6) is -2.53. The third-order valence-electron chi connectivity index (χ3n) is 7.95. The fourth-order valence-electron chi connectivity index (χ4n) is 5.93. The van der Waals surface area contributed by atoms with Gasteiger partial charge in [-0.2, -0.15) is 0 Å². The van der Waals surface area contributed by atoms with Crippen LogP contribution in [0.1, 0.15) is 69.6 Å². The van der Waals surface area contributed by atoms with Gasteiger partial charge in [0.05, 0.1) is 16.7 Å². The molecule has 3 aromatic carbocycles. The monoisotopic (exact) mass is 556 g/mol. The van der Waals surface area contributed by atoms with E-state index in [9.17, 15) is 14.4 Å². The topological polar surface area (TPSA) is 97.4 Å². The first kappa shape index (κ1) is 27.2. The van der Waals surface area contributed by atoms with E-state index in [0.29, 0.717) is 29.5 Å². The zero-order valence-electron chi connectivity index (χ0n) is 22.6. The highest BCUT2D eigenvalue weighted by atomic mass is 16.8. The van der Waals surface area contributed by atoms with E-state index in [-0.39, 0.29) is 6.42 Å². The van der Waals surface area contributed by atoms with Crippen molar-refractivity contribution in [2.45, 2.75) is 74.8 Å². The molecule has 0 N–H and O–H groups in total. The van der Waals surface area contributed by atoms with Gasteiger partial charge in [-0.15, -0.1) is 0 Å². The molecule has 0 radical (unpaired) electrons. The average Bonchev–Trinajstić information content (AvgIpc) is 3.39. The highest BCUT2D eigenvalue weighted by Gasteiger charge is 2.60. The molecule has 6 rings (SSSR count). The number of hydrogen-bond acceptors (Lipinski definition) is 8. The van der Waals surface area contributed by atoms with Gasteiger partial charge in [-0.25, -0.2) is 14.4 Å². The van der Waals surface area contributed by atoms with Crippen LogP contribution in [-0.4, -0.2) is 54.2 Å². The summed E-state index contributed by atoms with van der Waals surface area (Å²) in [6.45, 7) is 0. The molecular weight excluding hydrogens is 524 g/mol. The van der Waals surface area contributed by atoms with Crippen molar-refractivity contribution < 1.29 is 38.1 Å². The highest BCUT2D eigenvalue weighted by Crippen LogP contribution is 2.47. The van der Waals surface area contributed by atoms with Crippen LogP contribution in [0.5, 0.6) is 0 Å². The van der Waals surface area contributed by atoms with Crippen LogP contribution in [0.4, 0.5) is 0 Å². The number of rotatable bonds is 6. The van der Waals surface area contributed by atoms with Crippen molar-refractivity contribution >= 4 is 17.9 Å². The number of carbonyl (C=O) groups is 3. The van der Waals surface area contributed by atoms with Crippen molar-refractivity contribution in [2.75, 3.05) is 0 Å². The predicted octanol–water partition coefficient (Wildman–Crippen LogP) is 5.51. The van der Waals surface area contributed by atoms with Crippen LogP contribution < -0.4 is 0 Å². The van der Waals surface area contributed by atoms with E-state index in [1.165, 1.54) is 0 Å². The van der Waals surface area contributed by atoms with Gasteiger partial charge in [0, 0.05) is 19.3 Å². The SMILES string of the molecule is O=C(O[C@@H]1[C@H]2OC3(CCCCC3)O[C@H]2[C@H](OC(=O)c2ccccc2)C[C@H]1OC(=O)c1ccccc1)c1ccccc1. The number of esters is 3. The van der Waals surface area contributed by atoms with Gasteiger partial charge in [-0.1, -0.05) is 61.0 Å². The fourth-order valence-corrected chi connectivity index (χ4v) is 5.93. The van der Waals surface area contributed by atoms with Crippen molar-refractivity contribution in [1.29, 1.82) is 0 Å². The van der Waals surface area contributed by atoms with Crippen molar-refractivity contribution in [3.63, 3.8) is 0 Å². The zero-order chi connectivity index (χ0) is 28.2. The maximum absolute atomic E-state index is 13.3. The Labute approximate surface area is 238 Å². The smallest absolute Gasteiger partial charge is 0.338 e. The van der Waals surface area contributed by atoms with Crippen molar-refractivity contribution in [3.05, 3.63) is 108 Å². The first-order valence-corrected chi connectivity index (χ1v) is 14.2. The molecule has 0 bridgehead atoms. The Morgan fingerprint density at radius 1 is 0.561 bits per heavy atom. The van der Waals surface area contributed by atoms with Gasteiger partial charge in [0.15, 0.2) is 11.9 Å². The lowest BCUT2D eigenvalue weighted by molar-refractivity contribution is -0.203. The lowest BCUT2D eigenvalue weighted by atomic mass is 9.86. The van der Waals surface area contributed by atoms with E-state index in [0.717, 1.165) is 19.3 Å². The van der Waals surface area contributed by atoms with Crippen LogP contribution in [-0.2, 0) is 23.7 Å². The Bertz CT molecular complexity index is 1350. The maximum Gasteiger partial charge on any atom is 0.338 e. The number of benzene rings is 3. The highest BCUT2D eigenvalue weighted by molar-refractivity contribution is 5.91. The Morgan fingerprint density at radius 2 is 1.00 bits per heavy atom. The minimum atomic E-state index is -0.978. The van der Waals surface area contributed by atoms with Gasteiger partial charge in [0.25, 0.3) is 0 Å². The molecule has 0 amide bonds. The molecule has 0 unspecified atom stereocenters. The normalized spacial score (nSPS) is 26.5. The molecule has 3 aromatic rings. The van der Waals surface area contributed by atoms with Crippen LogP contribution in [0.2, 0.25) is 0 Å². The second-order valence-electron chi connectivity index (χ2n) is 10.7. The molecule has 3 aliphatic rings. The van der Waals surface area contributed by atoms with E-state index in [1.807, 2.05) is 12.1 Å². The van der Waals surface area contributed by atoms with Gasteiger partial charge in [-0.05, 0) is 49.2 Å². The molecule has 41 heavy (non-hydrogen) atoms. The summed E-state index contributed by atoms with van der Waals surface area (Å²) in [4.78, 5) is 39.6. The van der Waals surface area contributed by atoms with Gasteiger partial charge < -0.3 is 23.7 Å². The molecule has 3 fully saturated rings. The summed E-state index contributed by atoms with van der Waals surface area (Å²) in [6.07, 6.45) is 0.0989. The molecule has 212 valence electrons. The summed E-state index contributed by atoms with van der Waals surface area (Å²) in [6, 6.07) is 25.9. The lowest BCUT2D eigenvalue weighted by Gasteiger charge is -2.40. The third kappa shape index (κ3) is 5.89. The largest absolute Gasteiger partial charge is 0.456 e. The third-order valence-corrected chi connectivity index (χ3v) is 7.95. The van der Waals surface area contributed by atoms with E-state index in [2.05, 4.69) is 0 Å². The average molecular weight is 557 g/mol. The minimum absolute atomic E-state index is 0.0739. The second-order valence-corrected chi connectivity index (χ2v) is 10.7. The first-order valence-electron chi connectivity index (χ1n) is 14.2. The van der Waals surface area contributed by atoms with Crippen LogP contribution in [0.15, 0.2) is 91.0 Å². The Morgan fingerprint density at radius 3 is 1.51 bits per heavy atom. The second kappa shape index (κ2) is 11.8. The molecular formula is C33H32O8. The molecule has 1 heterocycles. The van der Waals surface area contributed by atoms with Gasteiger partial charge in [0.2, 0.25) is 0 Å². The number of carbonyl (C=O) groups excluding carboxylic acids is 3. The molecule has 0 aromatic heterocycles. The Hall–Kier alpha value is -4.01. The molecule has 1 saturated heterocycles. The molecule has 2 saturated carbocycles. The van der Waals surface area contributed by atoms with Crippen LogP contribution in [0.3, 0.4) is 0 Å². The molecule has 1 spiro atoms. The summed E-state index contributed by atoms with van der Waals surface area (Å²) in [5, 5.41) is 0. The minimum Gasteiger partial charge on any atom is -0.456 e. The molecule has 8 nitrogen and oxygen atoms in total. The molecule has 8 heteroatoms. The van der Waals surface area contributed by atoms with Gasteiger partial charge in [0.1, 0.15) is 24.4 Å². The quantitative estimate of drug-likeness (QED) is 0.290. The van der Waals surface area contributed by atoms with Gasteiger partial charge in [-0.3, -0.25) is 0 Å². The van der Waals surface area contributed by atoms with Crippen LogP contribution >= 0.6 is 0 Å². The van der Waals surface area contributed by atoms with Crippen LogP contribution in [0.25, 0.3) is 0 Å². The predicted molar refractivity (Wildman–Crippen MR) is 147 cm³/mol. The van der Waals surface area contributed by atoms with Crippen molar-refractivity contribution in [2.24, 2.45) is 0 Å². The summed E-state index contributed by atoms with van der Waals surface area (Å²) < 4.78 is 31.2. The van der Waals surface area contributed by atoms with Crippen molar-refractivity contribution in [1.82, 2.24) is 0 Å². The van der Waals surface area contributed by atoms with Crippen molar-refractivity contribution in [3.8, 4) is 0 Å². The number of fused-ring (bicyclic) bond motifs is 1. The Balaban J connectivity index is 1.33. The van der Waals surface area contributed by atoms with E-state index >= 15 is 0 Å². The van der Waals surface area contributed by atoms with Crippen LogP contribution in [0, 0.1) is 0 Å².